The molecule has 0 radical (unpaired) electrons. The van der Waals surface area contributed by atoms with Crippen LogP contribution in [-0.2, 0) is 11.3 Å². The van der Waals surface area contributed by atoms with E-state index in [-0.39, 0.29) is 35.9 Å². The normalized spacial score (nSPS) is 15.8. The van der Waals surface area contributed by atoms with Crippen LogP contribution < -0.4 is 0 Å². The maximum Gasteiger partial charge on any atom is 0.410 e. The zero-order valence-corrected chi connectivity index (χ0v) is 26.7. The molecule has 0 spiro atoms. The Labute approximate surface area is 266 Å². The van der Waals surface area contributed by atoms with Crippen molar-refractivity contribution < 1.29 is 33.3 Å². The molecule has 2 aliphatic heterocycles. The number of carboxylic acid groups (broad SMARTS) is 1. The summed E-state index contributed by atoms with van der Waals surface area (Å²) in [6, 6.07) is 9.45. The minimum Gasteiger partial charge on any atom is -0.465 e. The zero-order chi connectivity index (χ0) is 33.4. The van der Waals surface area contributed by atoms with Crippen molar-refractivity contribution in [2.24, 2.45) is 0 Å². The lowest BCUT2D eigenvalue weighted by Crippen LogP contribution is -2.39. The summed E-state index contributed by atoms with van der Waals surface area (Å²) in [5.74, 6) is -0.853. The Morgan fingerprint density at radius 2 is 1.30 bits per heavy atom. The Bertz CT molecular complexity index is 1720. The van der Waals surface area contributed by atoms with Crippen molar-refractivity contribution in [3.05, 3.63) is 71.3 Å². The number of rotatable bonds is 6. The van der Waals surface area contributed by atoms with E-state index in [1.165, 1.54) is 21.6 Å². The van der Waals surface area contributed by atoms with E-state index in [0.29, 0.717) is 43.6 Å². The Kier molecular flexibility index (Phi) is 9.03. The van der Waals surface area contributed by atoms with Crippen molar-refractivity contribution in [2.45, 2.75) is 65.2 Å². The third kappa shape index (κ3) is 7.44. The average Bonchev–Trinajstić information content (AvgIpc) is 3.37. The Morgan fingerprint density at radius 1 is 0.826 bits per heavy atom. The average molecular weight is 636 g/mol. The maximum absolute atomic E-state index is 15.7. The molecule has 5 rings (SSSR count). The van der Waals surface area contributed by atoms with Crippen molar-refractivity contribution >= 4 is 23.3 Å². The SMILES string of the molecule is CC(C)(O)Cn1c(-c2ccc(C3=CCN(C(=O)O)CC3)cc2F)nnc1-c1ccc(C2=CCN(C(=O)OC(C)(C)C)CC2)cc1F. The summed E-state index contributed by atoms with van der Waals surface area (Å²) in [6.45, 7) is 9.91. The highest BCUT2D eigenvalue weighted by Gasteiger charge is 2.27. The lowest BCUT2D eigenvalue weighted by atomic mass is 9.97. The number of benzene rings is 2. The minimum absolute atomic E-state index is 0.0329. The second kappa shape index (κ2) is 12.7. The summed E-state index contributed by atoms with van der Waals surface area (Å²) < 4.78 is 38.3. The van der Waals surface area contributed by atoms with Crippen LogP contribution in [0.25, 0.3) is 33.9 Å². The van der Waals surface area contributed by atoms with Crippen molar-refractivity contribution in [3.63, 3.8) is 0 Å². The number of aromatic nitrogens is 3. The summed E-state index contributed by atoms with van der Waals surface area (Å²) >= 11 is 0. The fourth-order valence-electron chi connectivity index (χ4n) is 5.56. The lowest BCUT2D eigenvalue weighted by Gasteiger charge is -2.29. The number of nitrogens with zero attached hydrogens (tertiary/aromatic N) is 5. The van der Waals surface area contributed by atoms with Gasteiger partial charge in [-0.15, -0.1) is 10.2 Å². The molecule has 2 aliphatic rings. The number of amides is 2. The Balaban J connectivity index is 1.42. The number of carbonyl (C=O) groups is 2. The van der Waals surface area contributed by atoms with Gasteiger partial charge in [-0.05, 0) is 94.0 Å². The molecule has 10 nitrogen and oxygen atoms in total. The van der Waals surface area contributed by atoms with Crippen LogP contribution in [0, 0.1) is 11.6 Å². The van der Waals surface area contributed by atoms with Crippen molar-refractivity contribution in [1.29, 1.82) is 0 Å². The molecule has 0 aliphatic carbocycles. The van der Waals surface area contributed by atoms with Gasteiger partial charge in [-0.25, -0.2) is 18.4 Å². The van der Waals surface area contributed by atoms with Gasteiger partial charge in [0.05, 0.1) is 23.3 Å². The largest absolute Gasteiger partial charge is 0.465 e. The molecule has 12 heteroatoms. The van der Waals surface area contributed by atoms with Gasteiger partial charge >= 0.3 is 12.2 Å². The Hall–Kier alpha value is -4.58. The van der Waals surface area contributed by atoms with Gasteiger partial charge < -0.3 is 29.3 Å². The third-order valence-electron chi connectivity index (χ3n) is 7.80. The Morgan fingerprint density at radius 3 is 1.67 bits per heavy atom. The van der Waals surface area contributed by atoms with Gasteiger partial charge in [0.2, 0.25) is 0 Å². The predicted octanol–water partition coefficient (Wildman–Crippen LogP) is 6.45. The summed E-state index contributed by atoms with van der Waals surface area (Å²) in [7, 11) is 0. The molecule has 0 bridgehead atoms. The summed E-state index contributed by atoms with van der Waals surface area (Å²) in [5.41, 5.74) is 1.47. The van der Waals surface area contributed by atoms with Crippen LogP contribution in [0.15, 0.2) is 48.6 Å². The molecule has 3 aromatic rings. The standard InChI is InChI=1S/C34H39F2N5O5/c1-33(2,3)46-32(44)40-16-12-22(13-17-40)24-7-9-26(28(36)19-24)30-38-37-29(41(30)20-34(4,5)45)25-8-6-23(18-27(25)35)21-10-14-39(15-11-21)31(42)43/h6-10,12,18-19,45H,11,13-17,20H2,1-5H3,(H,42,43). The van der Waals surface area contributed by atoms with E-state index in [1.54, 1.807) is 49.1 Å². The van der Waals surface area contributed by atoms with Gasteiger partial charge in [0.15, 0.2) is 11.6 Å². The quantitative estimate of drug-likeness (QED) is 0.319. The number of carbonyl (C=O) groups excluding carboxylic acids is 1. The maximum atomic E-state index is 15.7. The van der Waals surface area contributed by atoms with Crippen LogP contribution in [0.5, 0.6) is 0 Å². The predicted molar refractivity (Wildman–Crippen MR) is 170 cm³/mol. The second-order valence-corrected chi connectivity index (χ2v) is 13.2. The van der Waals surface area contributed by atoms with Gasteiger partial charge in [-0.2, -0.15) is 0 Å². The molecule has 0 saturated heterocycles. The third-order valence-corrected chi connectivity index (χ3v) is 7.80. The van der Waals surface area contributed by atoms with Gasteiger partial charge in [0.1, 0.15) is 17.2 Å². The van der Waals surface area contributed by atoms with E-state index in [1.807, 2.05) is 26.8 Å². The molecule has 0 unspecified atom stereocenters. The second-order valence-electron chi connectivity index (χ2n) is 13.2. The molecule has 2 aromatic carbocycles. The summed E-state index contributed by atoms with van der Waals surface area (Å²) in [6.07, 6.45) is 3.25. The molecular formula is C34H39F2N5O5. The monoisotopic (exact) mass is 635 g/mol. The lowest BCUT2D eigenvalue weighted by molar-refractivity contribution is 0.0270. The summed E-state index contributed by atoms with van der Waals surface area (Å²) in [5, 5.41) is 28.4. The first-order valence-corrected chi connectivity index (χ1v) is 15.2. The highest BCUT2D eigenvalue weighted by atomic mass is 19.1. The fraction of sp³-hybridized carbons (Fsp3) is 0.412. The first-order chi connectivity index (χ1) is 21.6. The van der Waals surface area contributed by atoms with E-state index in [4.69, 9.17) is 4.74 Å². The smallest absolute Gasteiger partial charge is 0.410 e. The molecule has 2 N–H and O–H groups in total. The number of ether oxygens (including phenoxy) is 1. The van der Waals surface area contributed by atoms with E-state index >= 15 is 8.78 Å². The molecule has 0 fully saturated rings. The molecule has 3 heterocycles. The number of hydrogen-bond donors (Lipinski definition) is 2. The van der Waals surface area contributed by atoms with Crippen molar-refractivity contribution in [1.82, 2.24) is 24.6 Å². The highest BCUT2D eigenvalue weighted by Crippen LogP contribution is 2.33. The number of halogens is 2. The van der Waals surface area contributed by atoms with Crippen LogP contribution in [0.3, 0.4) is 0 Å². The van der Waals surface area contributed by atoms with Crippen molar-refractivity contribution in [3.8, 4) is 22.8 Å². The van der Waals surface area contributed by atoms with Crippen LogP contribution in [0.1, 0.15) is 58.6 Å². The minimum atomic E-state index is -1.26. The molecule has 244 valence electrons. The molecule has 1 aromatic heterocycles. The van der Waals surface area contributed by atoms with Gasteiger partial charge in [-0.1, -0.05) is 24.3 Å². The van der Waals surface area contributed by atoms with E-state index < -0.39 is 35.0 Å². The molecule has 0 saturated carbocycles. The zero-order valence-electron chi connectivity index (χ0n) is 26.7. The van der Waals surface area contributed by atoms with E-state index in [0.717, 1.165) is 11.1 Å². The molecular weight excluding hydrogens is 596 g/mol. The van der Waals surface area contributed by atoms with Gasteiger partial charge in [0, 0.05) is 26.2 Å². The molecule has 46 heavy (non-hydrogen) atoms. The van der Waals surface area contributed by atoms with Crippen LogP contribution in [0.2, 0.25) is 0 Å². The van der Waals surface area contributed by atoms with E-state index in [9.17, 15) is 19.8 Å². The van der Waals surface area contributed by atoms with Gasteiger partial charge in [-0.3, -0.25) is 0 Å². The van der Waals surface area contributed by atoms with Crippen LogP contribution in [-0.4, -0.2) is 84.3 Å². The van der Waals surface area contributed by atoms with E-state index in [2.05, 4.69) is 10.2 Å². The fourth-order valence-corrected chi connectivity index (χ4v) is 5.56. The van der Waals surface area contributed by atoms with Gasteiger partial charge in [0.25, 0.3) is 0 Å². The molecule has 0 atom stereocenters. The van der Waals surface area contributed by atoms with Crippen LogP contribution >= 0.6 is 0 Å². The number of aliphatic hydroxyl groups is 1. The number of hydrogen-bond acceptors (Lipinski definition) is 6. The highest BCUT2D eigenvalue weighted by molar-refractivity contribution is 5.75. The van der Waals surface area contributed by atoms with Crippen LogP contribution in [0.4, 0.5) is 18.4 Å². The topological polar surface area (TPSA) is 121 Å². The first-order valence-electron chi connectivity index (χ1n) is 15.2. The summed E-state index contributed by atoms with van der Waals surface area (Å²) in [4.78, 5) is 26.5. The molecule has 2 amide bonds. The first kappa shape index (κ1) is 32.8. The van der Waals surface area contributed by atoms with Crippen molar-refractivity contribution in [2.75, 3.05) is 26.2 Å².